The van der Waals surface area contributed by atoms with Gasteiger partial charge in [0, 0.05) is 49.6 Å². The molecule has 2 N–H and O–H groups in total. The zero-order chi connectivity index (χ0) is 17.5. The topological polar surface area (TPSA) is 88.9 Å². The zero-order valence-electron chi connectivity index (χ0n) is 14.1. The summed E-state index contributed by atoms with van der Waals surface area (Å²) in [6, 6.07) is 5.56. The molecule has 0 saturated heterocycles. The van der Waals surface area contributed by atoms with Crippen molar-refractivity contribution in [3.63, 3.8) is 0 Å². The molecular formula is C18H23N5O2. The van der Waals surface area contributed by atoms with Crippen LogP contribution >= 0.6 is 0 Å². The smallest absolute Gasteiger partial charge is 0.223 e. The van der Waals surface area contributed by atoms with E-state index in [4.69, 9.17) is 0 Å². The number of carbonyl (C=O) groups is 2. The van der Waals surface area contributed by atoms with Gasteiger partial charge in [0.25, 0.3) is 0 Å². The second-order valence-corrected chi connectivity index (χ2v) is 6.24. The van der Waals surface area contributed by atoms with E-state index in [0.717, 1.165) is 31.2 Å². The lowest BCUT2D eigenvalue weighted by atomic mass is 10.1. The molecule has 0 bridgehead atoms. The lowest BCUT2D eigenvalue weighted by Crippen LogP contribution is -2.33. The highest BCUT2D eigenvalue weighted by molar-refractivity contribution is 5.80. The summed E-state index contributed by atoms with van der Waals surface area (Å²) in [4.78, 5) is 28.3. The normalized spacial score (nSPS) is 14.4. The highest BCUT2D eigenvalue weighted by Gasteiger charge is 2.22. The highest BCUT2D eigenvalue weighted by atomic mass is 16.2. The summed E-state index contributed by atoms with van der Waals surface area (Å²) in [6.45, 7) is 0.749. The van der Waals surface area contributed by atoms with Gasteiger partial charge in [-0.2, -0.15) is 5.10 Å². The molecule has 2 aromatic rings. The van der Waals surface area contributed by atoms with Gasteiger partial charge in [0.15, 0.2) is 5.82 Å². The van der Waals surface area contributed by atoms with Crippen molar-refractivity contribution in [1.29, 1.82) is 0 Å². The maximum absolute atomic E-state index is 12.0. The van der Waals surface area contributed by atoms with Crippen LogP contribution in [0.3, 0.4) is 0 Å². The summed E-state index contributed by atoms with van der Waals surface area (Å²) in [7, 11) is 0. The molecule has 0 aromatic carbocycles. The Hall–Kier alpha value is -2.70. The summed E-state index contributed by atoms with van der Waals surface area (Å²) >= 11 is 0. The Morgan fingerprint density at radius 2 is 2.00 bits per heavy atom. The van der Waals surface area contributed by atoms with Gasteiger partial charge >= 0.3 is 0 Å². The molecule has 0 radical (unpaired) electrons. The number of pyridine rings is 1. The first kappa shape index (κ1) is 17.1. The Labute approximate surface area is 146 Å². The maximum Gasteiger partial charge on any atom is 0.223 e. The van der Waals surface area contributed by atoms with Gasteiger partial charge in [-0.15, -0.1) is 0 Å². The fourth-order valence-corrected chi connectivity index (χ4v) is 3.08. The van der Waals surface area contributed by atoms with Crippen LogP contribution in [-0.2, 0) is 16.1 Å². The summed E-state index contributed by atoms with van der Waals surface area (Å²) in [5.41, 5.74) is 0.884. The predicted octanol–water partition coefficient (Wildman–Crippen LogP) is 1.58. The number of hydrogen-bond donors (Lipinski definition) is 2. The lowest BCUT2D eigenvalue weighted by Gasteiger charge is -2.11. The van der Waals surface area contributed by atoms with Gasteiger partial charge in [0.2, 0.25) is 11.8 Å². The number of hydrogen-bond acceptors (Lipinski definition) is 4. The van der Waals surface area contributed by atoms with E-state index in [1.165, 1.54) is 0 Å². The van der Waals surface area contributed by atoms with Gasteiger partial charge in [-0.25, -0.2) is 9.67 Å². The molecule has 7 heteroatoms. The first-order valence-corrected chi connectivity index (χ1v) is 8.72. The van der Waals surface area contributed by atoms with E-state index in [9.17, 15) is 9.59 Å². The number of aromatic nitrogens is 3. The van der Waals surface area contributed by atoms with Crippen molar-refractivity contribution in [1.82, 2.24) is 25.4 Å². The fraction of sp³-hybridized carbons (Fsp3) is 0.444. The van der Waals surface area contributed by atoms with E-state index in [1.807, 2.05) is 24.4 Å². The van der Waals surface area contributed by atoms with Crippen LogP contribution in [-0.4, -0.2) is 33.1 Å². The molecule has 0 aliphatic heterocycles. The number of rotatable bonds is 7. The van der Waals surface area contributed by atoms with E-state index >= 15 is 0 Å². The quantitative estimate of drug-likeness (QED) is 0.800. The van der Waals surface area contributed by atoms with E-state index in [0.29, 0.717) is 18.9 Å². The molecule has 1 aliphatic rings. The van der Waals surface area contributed by atoms with Gasteiger partial charge in [0.05, 0.1) is 0 Å². The molecule has 2 heterocycles. The molecule has 0 unspecified atom stereocenters. The molecule has 0 atom stereocenters. The number of nitrogens with one attached hydrogen (secondary N) is 2. The van der Waals surface area contributed by atoms with Crippen LogP contribution in [0.1, 0.15) is 37.7 Å². The van der Waals surface area contributed by atoms with E-state index in [-0.39, 0.29) is 24.2 Å². The SMILES string of the molecule is O=C(CCNC(=O)C1CCCC1)NCc1cccnc1-n1cccn1. The van der Waals surface area contributed by atoms with Gasteiger partial charge in [0.1, 0.15) is 0 Å². The summed E-state index contributed by atoms with van der Waals surface area (Å²) in [6.07, 6.45) is 9.65. The lowest BCUT2D eigenvalue weighted by molar-refractivity contribution is -0.125. The average Bonchev–Trinajstić information content (AvgIpc) is 3.33. The molecule has 0 spiro atoms. The minimum absolute atomic E-state index is 0.0820. The van der Waals surface area contributed by atoms with Crippen LogP contribution in [0.4, 0.5) is 0 Å². The first-order chi connectivity index (χ1) is 12.2. The molecule has 3 rings (SSSR count). The van der Waals surface area contributed by atoms with Crippen molar-refractivity contribution in [2.45, 2.75) is 38.6 Å². The van der Waals surface area contributed by atoms with E-state index in [2.05, 4.69) is 20.7 Å². The largest absolute Gasteiger partial charge is 0.355 e. The standard InChI is InChI=1S/C18H23N5O2/c24-16(8-11-20-18(25)14-5-1-2-6-14)21-13-15-7-3-9-19-17(15)23-12-4-10-22-23/h3-4,7,9-10,12,14H,1-2,5-6,8,11,13H2,(H,20,25)(H,21,24). The Morgan fingerprint density at radius 1 is 1.16 bits per heavy atom. The molecule has 2 aromatic heterocycles. The van der Waals surface area contributed by atoms with Crippen LogP contribution in [0.5, 0.6) is 0 Å². The van der Waals surface area contributed by atoms with Gasteiger partial charge in [-0.3, -0.25) is 9.59 Å². The highest BCUT2D eigenvalue weighted by Crippen LogP contribution is 2.24. The summed E-state index contributed by atoms with van der Waals surface area (Å²) in [5, 5.41) is 9.91. The molecule has 1 aliphatic carbocycles. The Morgan fingerprint density at radius 3 is 2.76 bits per heavy atom. The first-order valence-electron chi connectivity index (χ1n) is 8.72. The molecule has 2 amide bonds. The third-order valence-electron chi connectivity index (χ3n) is 4.44. The van der Waals surface area contributed by atoms with Crippen molar-refractivity contribution in [3.05, 3.63) is 42.4 Å². The van der Waals surface area contributed by atoms with Crippen LogP contribution in [0.25, 0.3) is 5.82 Å². The monoisotopic (exact) mass is 341 g/mol. The number of amides is 2. The predicted molar refractivity (Wildman–Crippen MR) is 92.8 cm³/mol. The van der Waals surface area contributed by atoms with Crippen molar-refractivity contribution in [2.24, 2.45) is 5.92 Å². The summed E-state index contributed by atoms with van der Waals surface area (Å²) < 4.78 is 1.67. The van der Waals surface area contributed by atoms with Crippen molar-refractivity contribution >= 4 is 11.8 Å². The minimum Gasteiger partial charge on any atom is -0.355 e. The molecule has 7 nitrogen and oxygen atoms in total. The Kier molecular flexibility index (Phi) is 5.77. The zero-order valence-corrected chi connectivity index (χ0v) is 14.1. The van der Waals surface area contributed by atoms with Crippen molar-refractivity contribution < 1.29 is 9.59 Å². The Bertz CT molecular complexity index is 708. The van der Waals surface area contributed by atoms with Gasteiger partial charge < -0.3 is 10.6 Å². The second kappa shape index (κ2) is 8.41. The number of carbonyl (C=O) groups excluding carboxylic acids is 2. The second-order valence-electron chi connectivity index (χ2n) is 6.24. The molecule has 25 heavy (non-hydrogen) atoms. The third kappa shape index (κ3) is 4.65. The van der Waals surface area contributed by atoms with Crippen molar-refractivity contribution in [2.75, 3.05) is 6.54 Å². The molecular weight excluding hydrogens is 318 g/mol. The summed E-state index contributed by atoms with van der Waals surface area (Å²) in [5.74, 6) is 0.818. The van der Waals surface area contributed by atoms with Crippen LogP contribution in [0.15, 0.2) is 36.8 Å². The Balaban J connectivity index is 1.44. The van der Waals surface area contributed by atoms with Crippen LogP contribution < -0.4 is 10.6 Å². The van der Waals surface area contributed by atoms with Gasteiger partial charge in [-0.05, 0) is 25.0 Å². The van der Waals surface area contributed by atoms with Crippen molar-refractivity contribution in [3.8, 4) is 5.82 Å². The molecule has 132 valence electrons. The third-order valence-corrected chi connectivity index (χ3v) is 4.44. The molecule has 1 fully saturated rings. The maximum atomic E-state index is 12.0. The van der Waals surface area contributed by atoms with E-state index < -0.39 is 0 Å². The molecule has 1 saturated carbocycles. The van der Waals surface area contributed by atoms with Crippen LogP contribution in [0, 0.1) is 5.92 Å². The van der Waals surface area contributed by atoms with E-state index in [1.54, 1.807) is 17.1 Å². The fourth-order valence-electron chi connectivity index (χ4n) is 3.08. The van der Waals surface area contributed by atoms with Gasteiger partial charge in [-0.1, -0.05) is 18.9 Å². The van der Waals surface area contributed by atoms with Crippen LogP contribution in [0.2, 0.25) is 0 Å². The number of nitrogens with zero attached hydrogens (tertiary/aromatic N) is 3. The minimum atomic E-state index is -0.0954. The average molecular weight is 341 g/mol.